The summed E-state index contributed by atoms with van der Waals surface area (Å²) in [4.78, 5) is 2.50. The van der Waals surface area contributed by atoms with E-state index in [0.717, 1.165) is 31.9 Å². The predicted octanol–water partition coefficient (Wildman–Crippen LogP) is 3.30. The molecular weight excluding hydrogens is 248 g/mol. The van der Waals surface area contributed by atoms with Crippen molar-refractivity contribution >= 4 is 5.69 Å². The summed E-state index contributed by atoms with van der Waals surface area (Å²) in [6.45, 7) is 11.9. The van der Waals surface area contributed by atoms with Crippen LogP contribution < -0.4 is 15.0 Å². The van der Waals surface area contributed by atoms with Gasteiger partial charge in [-0.3, -0.25) is 0 Å². The molecule has 3 nitrogen and oxygen atoms in total. The van der Waals surface area contributed by atoms with Crippen LogP contribution in [0.15, 0.2) is 24.3 Å². The molecule has 20 heavy (non-hydrogen) atoms. The minimum Gasteiger partial charge on any atom is -0.494 e. The second-order valence-electron chi connectivity index (χ2n) is 6.10. The number of piperazine rings is 1. The molecule has 1 aliphatic rings. The van der Waals surface area contributed by atoms with Gasteiger partial charge in [0, 0.05) is 30.9 Å². The van der Waals surface area contributed by atoms with Gasteiger partial charge in [0.15, 0.2) is 0 Å². The molecule has 2 rings (SSSR count). The van der Waals surface area contributed by atoms with Gasteiger partial charge in [0.25, 0.3) is 0 Å². The molecule has 112 valence electrons. The Morgan fingerprint density at radius 1 is 1.30 bits per heavy atom. The summed E-state index contributed by atoms with van der Waals surface area (Å²) in [5.41, 5.74) is 1.30. The molecule has 3 heteroatoms. The fraction of sp³-hybridized carbons (Fsp3) is 0.647. The first kappa shape index (κ1) is 15.2. The zero-order valence-corrected chi connectivity index (χ0v) is 13.2. The van der Waals surface area contributed by atoms with Crippen LogP contribution in [0.2, 0.25) is 0 Å². The Balaban J connectivity index is 2.05. The number of benzene rings is 1. The van der Waals surface area contributed by atoms with E-state index < -0.39 is 0 Å². The van der Waals surface area contributed by atoms with Crippen LogP contribution in [0.4, 0.5) is 5.69 Å². The molecule has 0 radical (unpaired) electrons. The summed E-state index contributed by atoms with van der Waals surface area (Å²) >= 11 is 0. The maximum atomic E-state index is 5.65. The van der Waals surface area contributed by atoms with Crippen LogP contribution in [0.25, 0.3) is 0 Å². The van der Waals surface area contributed by atoms with Gasteiger partial charge < -0.3 is 15.0 Å². The minimum atomic E-state index is 0.535. The van der Waals surface area contributed by atoms with E-state index in [-0.39, 0.29) is 0 Å². The van der Waals surface area contributed by atoms with Gasteiger partial charge >= 0.3 is 0 Å². The third-order valence-electron chi connectivity index (χ3n) is 4.05. The summed E-state index contributed by atoms with van der Waals surface area (Å²) in [5.74, 6) is 1.64. The Morgan fingerprint density at radius 2 is 2.00 bits per heavy atom. The third kappa shape index (κ3) is 3.66. The number of nitrogens with one attached hydrogen (secondary N) is 1. The molecular formula is C17H28N2O. The first-order chi connectivity index (χ1) is 9.61. The quantitative estimate of drug-likeness (QED) is 0.893. The molecule has 2 unspecified atom stereocenters. The van der Waals surface area contributed by atoms with Crippen LogP contribution in [0.5, 0.6) is 5.75 Å². The molecule has 0 bridgehead atoms. The van der Waals surface area contributed by atoms with Gasteiger partial charge in [0.05, 0.1) is 6.61 Å². The van der Waals surface area contributed by atoms with Crippen LogP contribution in [0, 0.1) is 5.92 Å². The van der Waals surface area contributed by atoms with Crippen molar-refractivity contribution in [3.63, 3.8) is 0 Å². The first-order valence-electron chi connectivity index (χ1n) is 7.84. The number of hydrogen-bond acceptors (Lipinski definition) is 3. The fourth-order valence-corrected chi connectivity index (χ4v) is 2.65. The Hall–Kier alpha value is -1.22. The number of ether oxygens (including phenoxy) is 1. The van der Waals surface area contributed by atoms with Crippen molar-refractivity contribution in [1.82, 2.24) is 5.32 Å². The highest BCUT2D eigenvalue weighted by molar-refractivity contribution is 5.50. The molecule has 0 aromatic heterocycles. The van der Waals surface area contributed by atoms with Gasteiger partial charge in [-0.05, 0) is 43.5 Å². The van der Waals surface area contributed by atoms with Crippen LogP contribution in [0.1, 0.15) is 34.1 Å². The van der Waals surface area contributed by atoms with E-state index in [9.17, 15) is 0 Å². The van der Waals surface area contributed by atoms with E-state index in [1.807, 2.05) is 0 Å². The normalized spacial score (nSPS) is 23.1. The maximum Gasteiger partial charge on any atom is 0.119 e. The summed E-state index contributed by atoms with van der Waals surface area (Å²) in [7, 11) is 0. The number of rotatable bonds is 5. The predicted molar refractivity (Wildman–Crippen MR) is 85.7 cm³/mol. The molecule has 1 aromatic carbocycles. The molecule has 1 fully saturated rings. The minimum absolute atomic E-state index is 0.535. The van der Waals surface area contributed by atoms with Crippen LogP contribution in [-0.2, 0) is 0 Å². The standard InChI is InChI=1S/C17H28N2O/c1-5-10-20-16-8-6-15(7-9-16)19-12-17(13(2)3)18-11-14(19)4/h6-9,13-14,17-18H,5,10-12H2,1-4H3. The van der Waals surface area contributed by atoms with Crippen molar-refractivity contribution < 1.29 is 4.74 Å². The van der Waals surface area contributed by atoms with Crippen molar-refractivity contribution in [1.29, 1.82) is 0 Å². The van der Waals surface area contributed by atoms with Crippen LogP contribution in [-0.4, -0.2) is 31.8 Å². The Morgan fingerprint density at radius 3 is 2.60 bits per heavy atom. The Bertz CT molecular complexity index is 402. The lowest BCUT2D eigenvalue weighted by Crippen LogP contribution is -2.57. The van der Waals surface area contributed by atoms with Crippen LogP contribution in [0.3, 0.4) is 0 Å². The first-order valence-corrected chi connectivity index (χ1v) is 7.84. The average Bonchev–Trinajstić information content (AvgIpc) is 2.46. The monoisotopic (exact) mass is 276 g/mol. The van der Waals surface area contributed by atoms with Crippen molar-refractivity contribution in [2.45, 2.75) is 46.2 Å². The van der Waals surface area contributed by atoms with Gasteiger partial charge in [-0.25, -0.2) is 0 Å². The van der Waals surface area contributed by atoms with E-state index in [0.29, 0.717) is 18.0 Å². The molecule has 1 aromatic rings. The average molecular weight is 276 g/mol. The summed E-state index contributed by atoms with van der Waals surface area (Å²) < 4.78 is 5.65. The number of nitrogens with zero attached hydrogens (tertiary/aromatic N) is 1. The van der Waals surface area contributed by atoms with E-state index in [4.69, 9.17) is 4.74 Å². The summed E-state index contributed by atoms with van der Waals surface area (Å²) in [5, 5.41) is 3.64. The van der Waals surface area contributed by atoms with E-state index in [2.05, 4.69) is 62.2 Å². The number of hydrogen-bond donors (Lipinski definition) is 1. The molecule has 2 atom stereocenters. The van der Waals surface area contributed by atoms with Crippen molar-refractivity contribution in [2.75, 3.05) is 24.6 Å². The van der Waals surface area contributed by atoms with Crippen molar-refractivity contribution in [3.05, 3.63) is 24.3 Å². The smallest absolute Gasteiger partial charge is 0.119 e. The van der Waals surface area contributed by atoms with E-state index in [1.54, 1.807) is 0 Å². The third-order valence-corrected chi connectivity index (χ3v) is 4.05. The van der Waals surface area contributed by atoms with E-state index >= 15 is 0 Å². The highest BCUT2D eigenvalue weighted by Gasteiger charge is 2.26. The lowest BCUT2D eigenvalue weighted by atomic mass is 9.99. The van der Waals surface area contributed by atoms with Crippen LogP contribution >= 0.6 is 0 Å². The zero-order valence-electron chi connectivity index (χ0n) is 13.2. The SMILES string of the molecule is CCCOc1ccc(N2CC(C(C)C)NCC2C)cc1. The van der Waals surface area contributed by atoms with Gasteiger partial charge in [-0.15, -0.1) is 0 Å². The fourth-order valence-electron chi connectivity index (χ4n) is 2.65. The Kier molecular flexibility index (Phi) is 5.30. The number of anilines is 1. The lowest BCUT2D eigenvalue weighted by molar-refractivity contribution is 0.317. The van der Waals surface area contributed by atoms with Gasteiger partial charge in [0.2, 0.25) is 0 Å². The van der Waals surface area contributed by atoms with Crippen molar-refractivity contribution in [2.24, 2.45) is 5.92 Å². The van der Waals surface area contributed by atoms with Gasteiger partial charge in [-0.1, -0.05) is 20.8 Å². The molecule has 0 aliphatic carbocycles. The van der Waals surface area contributed by atoms with E-state index in [1.165, 1.54) is 5.69 Å². The summed E-state index contributed by atoms with van der Waals surface area (Å²) in [6, 6.07) is 9.65. The molecule has 1 saturated heterocycles. The lowest BCUT2D eigenvalue weighted by Gasteiger charge is -2.42. The largest absolute Gasteiger partial charge is 0.494 e. The second-order valence-corrected chi connectivity index (χ2v) is 6.10. The van der Waals surface area contributed by atoms with Gasteiger partial charge in [0.1, 0.15) is 5.75 Å². The molecule has 1 N–H and O–H groups in total. The Labute approximate surface area is 123 Å². The summed E-state index contributed by atoms with van der Waals surface area (Å²) in [6.07, 6.45) is 1.05. The molecule has 0 spiro atoms. The highest BCUT2D eigenvalue weighted by atomic mass is 16.5. The maximum absolute atomic E-state index is 5.65. The topological polar surface area (TPSA) is 24.5 Å². The molecule has 0 saturated carbocycles. The second kappa shape index (κ2) is 6.98. The molecule has 1 aliphatic heterocycles. The molecule has 0 amide bonds. The molecule has 1 heterocycles. The van der Waals surface area contributed by atoms with Crippen molar-refractivity contribution in [3.8, 4) is 5.75 Å². The zero-order chi connectivity index (χ0) is 14.5. The highest BCUT2D eigenvalue weighted by Crippen LogP contribution is 2.24. The van der Waals surface area contributed by atoms with Gasteiger partial charge in [-0.2, -0.15) is 0 Å².